The summed E-state index contributed by atoms with van der Waals surface area (Å²) in [5.74, 6) is -1.39. The molecule has 3 aromatic rings. The van der Waals surface area contributed by atoms with E-state index in [9.17, 15) is 14.0 Å². The number of para-hydroxylation sites is 1. The Morgan fingerprint density at radius 2 is 1.77 bits per heavy atom. The average Bonchev–Trinajstić information content (AvgIpc) is 3.26. The highest BCUT2D eigenvalue weighted by molar-refractivity contribution is 5.97. The smallest absolute Gasteiger partial charge is 0.358 e. The Kier molecular flexibility index (Phi) is 5.81. The highest BCUT2D eigenvalue weighted by atomic mass is 19.1. The first kappa shape index (κ1) is 20.7. The zero-order valence-corrected chi connectivity index (χ0v) is 17.0. The zero-order valence-electron chi connectivity index (χ0n) is 17.0. The van der Waals surface area contributed by atoms with Gasteiger partial charge < -0.3 is 14.8 Å². The van der Waals surface area contributed by atoms with Gasteiger partial charge in [0, 0.05) is 19.3 Å². The van der Waals surface area contributed by atoms with Crippen molar-refractivity contribution in [3.8, 4) is 5.69 Å². The number of hydrogen-bond acceptors (Lipinski definition) is 5. The van der Waals surface area contributed by atoms with Gasteiger partial charge in [0.1, 0.15) is 11.5 Å². The fraction of sp³-hybridized carbons (Fsp3) is 0.261. The number of halogens is 1. The number of hydrogen-bond donors (Lipinski definition) is 1. The topological polar surface area (TPSA) is 82.5 Å². The maximum Gasteiger partial charge on any atom is 0.358 e. The van der Waals surface area contributed by atoms with E-state index in [0.29, 0.717) is 31.7 Å². The minimum atomic E-state index is -0.722. The highest BCUT2D eigenvalue weighted by Gasteiger charge is 2.37. The highest BCUT2D eigenvalue weighted by Crippen LogP contribution is 2.33. The molecule has 1 fully saturated rings. The molecule has 0 bridgehead atoms. The van der Waals surface area contributed by atoms with Crippen LogP contribution in [0.3, 0.4) is 0 Å². The SMILES string of the molecule is COC(=O)c1cc(C(=O)NC2(c3ccc(F)cc3)CCOCC2)n(-c2ccccc2)n1. The Balaban J connectivity index is 1.73. The number of carbonyl (C=O) groups excluding carboxylic acids is 2. The van der Waals surface area contributed by atoms with Crippen molar-refractivity contribution >= 4 is 11.9 Å². The number of nitrogens with one attached hydrogen (secondary N) is 1. The lowest BCUT2D eigenvalue weighted by Gasteiger charge is -2.38. The number of ether oxygens (including phenoxy) is 2. The number of amides is 1. The zero-order chi connectivity index (χ0) is 21.8. The van der Waals surface area contributed by atoms with E-state index in [4.69, 9.17) is 9.47 Å². The number of esters is 1. The van der Waals surface area contributed by atoms with E-state index < -0.39 is 17.4 Å². The second-order valence-corrected chi connectivity index (χ2v) is 7.31. The largest absolute Gasteiger partial charge is 0.464 e. The van der Waals surface area contributed by atoms with Gasteiger partial charge in [-0.15, -0.1) is 0 Å². The summed E-state index contributed by atoms with van der Waals surface area (Å²) < 4.78 is 25.2. The second kappa shape index (κ2) is 8.69. The monoisotopic (exact) mass is 423 g/mol. The first-order valence-electron chi connectivity index (χ1n) is 9.92. The van der Waals surface area contributed by atoms with Gasteiger partial charge in [0.05, 0.1) is 18.3 Å². The molecule has 2 aromatic carbocycles. The summed E-state index contributed by atoms with van der Waals surface area (Å²) in [6.07, 6.45) is 1.07. The van der Waals surface area contributed by atoms with Gasteiger partial charge in [-0.3, -0.25) is 4.79 Å². The minimum Gasteiger partial charge on any atom is -0.464 e. The average molecular weight is 423 g/mol. The molecule has 0 aliphatic carbocycles. The van der Waals surface area contributed by atoms with Crippen LogP contribution in [0.25, 0.3) is 5.69 Å². The van der Waals surface area contributed by atoms with Crippen molar-refractivity contribution in [2.75, 3.05) is 20.3 Å². The summed E-state index contributed by atoms with van der Waals surface area (Å²) in [4.78, 5) is 25.5. The maximum absolute atomic E-state index is 13.5. The molecule has 31 heavy (non-hydrogen) atoms. The number of carbonyl (C=O) groups is 2. The van der Waals surface area contributed by atoms with Crippen molar-refractivity contribution in [2.24, 2.45) is 0 Å². The number of aromatic nitrogens is 2. The molecule has 1 N–H and O–H groups in total. The fourth-order valence-corrected chi connectivity index (χ4v) is 3.77. The first-order chi connectivity index (χ1) is 15.0. The van der Waals surface area contributed by atoms with E-state index in [1.807, 2.05) is 18.2 Å². The number of rotatable bonds is 5. The molecule has 8 heteroatoms. The molecule has 0 radical (unpaired) electrons. The minimum absolute atomic E-state index is 0.0271. The van der Waals surface area contributed by atoms with Crippen LogP contribution in [0, 0.1) is 5.82 Å². The normalized spacial score (nSPS) is 15.3. The van der Waals surface area contributed by atoms with Crippen LogP contribution in [0.4, 0.5) is 4.39 Å². The Morgan fingerprint density at radius 1 is 1.10 bits per heavy atom. The van der Waals surface area contributed by atoms with Crippen LogP contribution in [0.2, 0.25) is 0 Å². The predicted octanol–water partition coefficient (Wildman–Crippen LogP) is 3.23. The summed E-state index contributed by atoms with van der Waals surface area (Å²) >= 11 is 0. The van der Waals surface area contributed by atoms with Gasteiger partial charge in [-0.1, -0.05) is 30.3 Å². The van der Waals surface area contributed by atoms with Crippen molar-refractivity contribution in [3.05, 3.63) is 83.4 Å². The van der Waals surface area contributed by atoms with Gasteiger partial charge in [-0.05, 0) is 42.7 Å². The van der Waals surface area contributed by atoms with E-state index in [2.05, 4.69) is 10.4 Å². The Bertz CT molecular complexity index is 1070. The Hall–Kier alpha value is -3.52. The Morgan fingerprint density at radius 3 is 2.42 bits per heavy atom. The van der Waals surface area contributed by atoms with Crippen molar-refractivity contribution in [1.82, 2.24) is 15.1 Å². The molecule has 7 nitrogen and oxygen atoms in total. The third-order valence-electron chi connectivity index (χ3n) is 5.43. The van der Waals surface area contributed by atoms with Crippen LogP contribution in [-0.2, 0) is 15.0 Å². The molecule has 1 aliphatic heterocycles. The molecule has 1 saturated heterocycles. The van der Waals surface area contributed by atoms with Gasteiger partial charge in [0.15, 0.2) is 5.69 Å². The fourth-order valence-electron chi connectivity index (χ4n) is 3.77. The molecule has 160 valence electrons. The van der Waals surface area contributed by atoms with Crippen molar-refractivity contribution < 1.29 is 23.5 Å². The van der Waals surface area contributed by atoms with Crippen LogP contribution >= 0.6 is 0 Å². The third kappa shape index (κ3) is 4.20. The molecule has 1 aromatic heterocycles. The maximum atomic E-state index is 13.5. The van der Waals surface area contributed by atoms with E-state index >= 15 is 0 Å². The summed E-state index contributed by atoms with van der Waals surface area (Å²) in [5.41, 5.74) is 0.925. The van der Waals surface area contributed by atoms with Crippen molar-refractivity contribution in [1.29, 1.82) is 0 Å². The van der Waals surface area contributed by atoms with E-state index in [0.717, 1.165) is 5.56 Å². The molecular formula is C23H22FN3O4. The van der Waals surface area contributed by atoms with Crippen LogP contribution < -0.4 is 5.32 Å². The molecule has 0 spiro atoms. The number of benzene rings is 2. The van der Waals surface area contributed by atoms with Gasteiger partial charge in [0.2, 0.25) is 0 Å². The van der Waals surface area contributed by atoms with Crippen molar-refractivity contribution in [2.45, 2.75) is 18.4 Å². The number of nitrogens with zero attached hydrogens (tertiary/aromatic N) is 2. The standard InChI is InChI=1S/C23H22FN3O4/c1-30-22(29)19-15-20(27(26-19)18-5-3-2-4-6-18)21(28)25-23(11-13-31-14-12-23)16-7-9-17(24)10-8-16/h2-10,15H,11-14H2,1H3,(H,25,28). The molecule has 4 rings (SSSR count). The van der Waals surface area contributed by atoms with Crippen LogP contribution in [0.15, 0.2) is 60.7 Å². The quantitative estimate of drug-likeness (QED) is 0.637. The van der Waals surface area contributed by atoms with Crippen LogP contribution in [0.1, 0.15) is 39.4 Å². The molecular weight excluding hydrogens is 401 g/mol. The molecule has 1 aliphatic rings. The molecule has 0 unspecified atom stereocenters. The summed E-state index contributed by atoms with van der Waals surface area (Å²) in [6.45, 7) is 0.923. The van der Waals surface area contributed by atoms with Crippen LogP contribution in [0.5, 0.6) is 0 Å². The molecule has 2 heterocycles. The lowest BCUT2D eigenvalue weighted by Crippen LogP contribution is -2.49. The molecule has 1 amide bonds. The van der Waals surface area contributed by atoms with E-state index in [1.165, 1.54) is 30.0 Å². The summed E-state index contributed by atoms with van der Waals surface area (Å²) in [6, 6.07) is 16.6. The summed E-state index contributed by atoms with van der Waals surface area (Å²) in [5, 5.41) is 7.39. The number of methoxy groups -OCH3 is 1. The van der Waals surface area contributed by atoms with E-state index in [-0.39, 0.29) is 17.2 Å². The summed E-state index contributed by atoms with van der Waals surface area (Å²) in [7, 11) is 1.26. The van der Waals surface area contributed by atoms with Gasteiger partial charge in [-0.25, -0.2) is 13.9 Å². The van der Waals surface area contributed by atoms with Gasteiger partial charge in [0.25, 0.3) is 5.91 Å². The Labute approximate surface area is 178 Å². The predicted molar refractivity (Wildman–Crippen MR) is 111 cm³/mol. The van der Waals surface area contributed by atoms with Crippen LogP contribution in [-0.4, -0.2) is 42.0 Å². The first-order valence-corrected chi connectivity index (χ1v) is 9.92. The third-order valence-corrected chi connectivity index (χ3v) is 5.43. The van der Waals surface area contributed by atoms with Gasteiger partial charge >= 0.3 is 5.97 Å². The molecule has 0 atom stereocenters. The van der Waals surface area contributed by atoms with E-state index in [1.54, 1.807) is 24.3 Å². The van der Waals surface area contributed by atoms with Gasteiger partial charge in [-0.2, -0.15) is 5.10 Å². The second-order valence-electron chi connectivity index (χ2n) is 7.31. The molecule has 0 saturated carbocycles. The lowest BCUT2D eigenvalue weighted by molar-refractivity contribution is 0.0343. The lowest BCUT2D eigenvalue weighted by atomic mass is 9.82. The van der Waals surface area contributed by atoms with Crippen molar-refractivity contribution in [3.63, 3.8) is 0 Å².